The van der Waals surface area contributed by atoms with Crippen molar-refractivity contribution >= 4 is 23.5 Å². The van der Waals surface area contributed by atoms with E-state index in [-0.39, 0.29) is 17.2 Å². The molecule has 0 aliphatic heterocycles. The van der Waals surface area contributed by atoms with Crippen LogP contribution in [0.15, 0.2) is 46.3 Å². The van der Waals surface area contributed by atoms with Crippen molar-refractivity contribution in [2.45, 2.75) is 38.8 Å². The monoisotopic (exact) mass is 397 g/mol. The number of anilines is 1. The first kappa shape index (κ1) is 19.9. The topological polar surface area (TPSA) is 92.7 Å². The van der Waals surface area contributed by atoms with Crippen molar-refractivity contribution in [2.75, 3.05) is 11.1 Å². The molecule has 0 saturated carbocycles. The average Bonchev–Trinajstić information content (AvgIpc) is 3.00. The summed E-state index contributed by atoms with van der Waals surface area (Å²) in [6, 6.07) is 11.2. The average molecular weight is 398 g/mol. The molecule has 3 aromatic rings. The first-order valence-corrected chi connectivity index (χ1v) is 10.1. The number of aromatic amines is 1. The Morgan fingerprint density at radius 1 is 1.21 bits per heavy atom. The number of benzene rings is 1. The number of nitrogens with zero attached hydrogens (tertiary/aromatic N) is 3. The Hall–Kier alpha value is -2.87. The van der Waals surface area contributed by atoms with Crippen LogP contribution >= 0.6 is 11.8 Å². The van der Waals surface area contributed by atoms with Crippen LogP contribution in [0.4, 0.5) is 5.82 Å². The Kier molecular flexibility index (Phi) is 6.30. The van der Waals surface area contributed by atoms with E-state index in [0.29, 0.717) is 11.0 Å². The molecule has 0 bridgehead atoms. The highest BCUT2D eigenvalue weighted by Crippen LogP contribution is 2.19. The highest BCUT2D eigenvalue weighted by molar-refractivity contribution is 7.99. The van der Waals surface area contributed by atoms with Crippen LogP contribution in [0.25, 0.3) is 5.69 Å². The van der Waals surface area contributed by atoms with Crippen molar-refractivity contribution in [1.82, 2.24) is 19.7 Å². The minimum atomic E-state index is -0.200. The van der Waals surface area contributed by atoms with Crippen LogP contribution in [0.2, 0.25) is 0 Å². The van der Waals surface area contributed by atoms with Gasteiger partial charge in [0.25, 0.3) is 5.56 Å². The van der Waals surface area contributed by atoms with Gasteiger partial charge in [0, 0.05) is 17.8 Å². The molecule has 3 rings (SSSR count). The molecular weight excluding hydrogens is 374 g/mol. The Bertz CT molecular complexity index is 1020. The van der Waals surface area contributed by atoms with Crippen LogP contribution in [0, 0.1) is 13.8 Å². The third-order valence-corrected chi connectivity index (χ3v) is 4.87. The largest absolute Gasteiger partial charge is 0.310 e. The molecule has 0 aliphatic rings. The normalized spacial score (nSPS) is 10.8. The smallest absolute Gasteiger partial charge is 0.251 e. The third kappa shape index (κ3) is 5.10. The first-order valence-electron chi connectivity index (χ1n) is 9.11. The number of H-pyrrole nitrogens is 1. The van der Waals surface area contributed by atoms with Crippen molar-refractivity contribution in [3.05, 3.63) is 63.7 Å². The number of aromatic nitrogens is 4. The predicted molar refractivity (Wildman–Crippen MR) is 111 cm³/mol. The molecule has 8 heteroatoms. The second kappa shape index (κ2) is 8.88. The van der Waals surface area contributed by atoms with Crippen LogP contribution in [-0.2, 0) is 11.2 Å². The van der Waals surface area contributed by atoms with Gasteiger partial charge in [0.05, 0.1) is 17.1 Å². The molecule has 28 heavy (non-hydrogen) atoms. The van der Waals surface area contributed by atoms with E-state index in [0.717, 1.165) is 35.5 Å². The van der Waals surface area contributed by atoms with Crippen molar-refractivity contribution in [3.63, 3.8) is 0 Å². The summed E-state index contributed by atoms with van der Waals surface area (Å²) < 4.78 is 1.71. The van der Waals surface area contributed by atoms with Gasteiger partial charge >= 0.3 is 0 Å². The van der Waals surface area contributed by atoms with E-state index in [1.165, 1.54) is 17.8 Å². The van der Waals surface area contributed by atoms with E-state index >= 15 is 0 Å². The lowest BCUT2D eigenvalue weighted by atomic mass is 10.2. The molecular formula is C20H23N5O2S. The van der Waals surface area contributed by atoms with Gasteiger partial charge in [-0.15, -0.1) is 0 Å². The van der Waals surface area contributed by atoms with E-state index in [1.54, 1.807) is 4.68 Å². The fourth-order valence-electron chi connectivity index (χ4n) is 2.72. The number of thioether (sulfide) groups is 1. The second-order valence-electron chi connectivity index (χ2n) is 6.55. The number of hydrogen-bond donors (Lipinski definition) is 2. The summed E-state index contributed by atoms with van der Waals surface area (Å²) in [4.78, 5) is 31.2. The Morgan fingerprint density at radius 3 is 2.68 bits per heavy atom. The van der Waals surface area contributed by atoms with Crippen molar-refractivity contribution < 1.29 is 4.79 Å². The Labute approximate surface area is 167 Å². The number of nitrogens with one attached hydrogen (secondary N) is 2. The van der Waals surface area contributed by atoms with Crippen molar-refractivity contribution in [1.29, 1.82) is 0 Å². The number of carbonyl (C=O) groups excluding carboxylic acids is 1. The molecule has 2 aromatic heterocycles. The maximum Gasteiger partial charge on any atom is 0.251 e. The summed E-state index contributed by atoms with van der Waals surface area (Å²) in [5.41, 5.74) is 3.37. The van der Waals surface area contributed by atoms with E-state index < -0.39 is 0 Å². The molecule has 0 aliphatic carbocycles. The fraction of sp³-hybridized carbons (Fsp3) is 0.300. The summed E-state index contributed by atoms with van der Waals surface area (Å²) in [5, 5.41) is 7.80. The lowest BCUT2D eigenvalue weighted by Gasteiger charge is -2.09. The highest BCUT2D eigenvalue weighted by atomic mass is 32.2. The van der Waals surface area contributed by atoms with Gasteiger partial charge in [0.15, 0.2) is 5.16 Å². The van der Waals surface area contributed by atoms with Gasteiger partial charge in [0.1, 0.15) is 5.82 Å². The first-order chi connectivity index (χ1) is 13.4. The summed E-state index contributed by atoms with van der Waals surface area (Å²) in [6.07, 6.45) is 1.64. The summed E-state index contributed by atoms with van der Waals surface area (Å²) in [7, 11) is 0. The Morgan fingerprint density at radius 2 is 1.96 bits per heavy atom. The molecule has 0 saturated heterocycles. The minimum Gasteiger partial charge on any atom is -0.310 e. The van der Waals surface area contributed by atoms with Crippen LogP contribution in [0.3, 0.4) is 0 Å². The van der Waals surface area contributed by atoms with E-state index in [2.05, 4.69) is 20.4 Å². The lowest BCUT2D eigenvalue weighted by molar-refractivity contribution is -0.113. The standard InChI is InChI=1S/C20H23N5O2S/c1-4-5-15-11-18(26)23-20(21-15)28-12-19(27)22-17-10-14(3)24-25(17)16-8-6-13(2)7-9-16/h6-11H,4-5,12H2,1-3H3,(H,22,27)(H,21,23,26). The zero-order valence-corrected chi connectivity index (χ0v) is 17.0. The number of carbonyl (C=O) groups is 1. The molecule has 2 N–H and O–H groups in total. The van der Waals surface area contributed by atoms with Gasteiger partial charge < -0.3 is 10.3 Å². The molecule has 0 radical (unpaired) electrons. The van der Waals surface area contributed by atoms with Gasteiger partial charge in [-0.05, 0) is 32.4 Å². The molecule has 0 unspecified atom stereocenters. The summed E-state index contributed by atoms with van der Waals surface area (Å²) in [6.45, 7) is 5.93. The van der Waals surface area contributed by atoms with Crippen LogP contribution in [0.5, 0.6) is 0 Å². The summed E-state index contributed by atoms with van der Waals surface area (Å²) >= 11 is 1.20. The molecule has 0 spiro atoms. The number of hydrogen-bond acceptors (Lipinski definition) is 5. The fourth-order valence-corrected chi connectivity index (χ4v) is 3.41. The van der Waals surface area contributed by atoms with E-state index in [9.17, 15) is 9.59 Å². The maximum absolute atomic E-state index is 12.4. The summed E-state index contributed by atoms with van der Waals surface area (Å²) in [5.74, 6) is 0.548. The molecule has 146 valence electrons. The van der Waals surface area contributed by atoms with Gasteiger partial charge in [-0.25, -0.2) is 9.67 Å². The molecule has 0 atom stereocenters. The number of aryl methyl sites for hydroxylation is 3. The zero-order valence-electron chi connectivity index (χ0n) is 16.2. The highest BCUT2D eigenvalue weighted by Gasteiger charge is 2.12. The van der Waals surface area contributed by atoms with E-state index in [1.807, 2.05) is 51.1 Å². The third-order valence-electron chi connectivity index (χ3n) is 4.00. The lowest BCUT2D eigenvalue weighted by Crippen LogP contribution is -2.18. The Balaban J connectivity index is 1.69. The SMILES string of the molecule is CCCc1cc(=O)[nH]c(SCC(=O)Nc2cc(C)nn2-c2ccc(C)cc2)n1. The zero-order chi connectivity index (χ0) is 20.1. The van der Waals surface area contributed by atoms with E-state index in [4.69, 9.17) is 0 Å². The predicted octanol–water partition coefficient (Wildman–Crippen LogP) is 3.26. The van der Waals surface area contributed by atoms with Gasteiger partial charge in [-0.3, -0.25) is 9.59 Å². The van der Waals surface area contributed by atoms with Crippen LogP contribution < -0.4 is 10.9 Å². The van der Waals surface area contributed by atoms with Gasteiger partial charge in [-0.2, -0.15) is 5.10 Å². The molecule has 2 heterocycles. The number of amides is 1. The quantitative estimate of drug-likeness (QED) is 0.472. The van der Waals surface area contributed by atoms with Gasteiger partial charge in [0.2, 0.25) is 5.91 Å². The molecule has 7 nitrogen and oxygen atoms in total. The number of rotatable bonds is 7. The molecule has 0 fully saturated rings. The van der Waals surface area contributed by atoms with Crippen molar-refractivity contribution in [3.8, 4) is 5.69 Å². The minimum absolute atomic E-state index is 0.136. The van der Waals surface area contributed by atoms with Gasteiger partial charge in [-0.1, -0.05) is 42.8 Å². The van der Waals surface area contributed by atoms with Crippen molar-refractivity contribution in [2.24, 2.45) is 0 Å². The molecule has 1 amide bonds. The van der Waals surface area contributed by atoms with Crippen LogP contribution in [0.1, 0.15) is 30.3 Å². The molecule has 1 aromatic carbocycles. The van der Waals surface area contributed by atoms with Crippen LogP contribution in [-0.4, -0.2) is 31.4 Å². The maximum atomic E-state index is 12.4. The second-order valence-corrected chi connectivity index (χ2v) is 7.51.